The number of aliphatic hydroxyl groups excluding tert-OH is 1. The van der Waals surface area contributed by atoms with Gasteiger partial charge in [-0.1, -0.05) is 13.0 Å². The van der Waals surface area contributed by atoms with Crippen LogP contribution in [0.3, 0.4) is 0 Å². The second-order valence-electron chi connectivity index (χ2n) is 3.86. The molecule has 90 valence electrons. The summed E-state index contributed by atoms with van der Waals surface area (Å²) in [6.45, 7) is 4.60. The molecule has 0 fully saturated rings. The summed E-state index contributed by atoms with van der Waals surface area (Å²) in [4.78, 5) is 0. The monoisotopic (exact) mass is 229 g/mol. The number of nitrogens with one attached hydrogen (secondary N) is 1. The van der Waals surface area contributed by atoms with Gasteiger partial charge in [-0.2, -0.15) is 0 Å². The molecule has 16 heavy (non-hydrogen) atoms. The maximum Gasteiger partial charge on any atom is 0.159 e. The van der Waals surface area contributed by atoms with Gasteiger partial charge in [0.25, 0.3) is 0 Å². The standard InChI is InChI=1S/C12H17F2NO/c1-3-6-15-8(2)12(16)9-4-5-10(13)11(14)7-9/h4-5,7-8,12,15-16H,3,6H2,1-2H3. The van der Waals surface area contributed by atoms with Crippen molar-refractivity contribution in [1.29, 1.82) is 0 Å². The van der Waals surface area contributed by atoms with Crippen LogP contribution < -0.4 is 5.32 Å². The van der Waals surface area contributed by atoms with Gasteiger partial charge in [0.15, 0.2) is 11.6 Å². The Morgan fingerprint density at radius 1 is 1.31 bits per heavy atom. The van der Waals surface area contributed by atoms with E-state index in [2.05, 4.69) is 5.32 Å². The molecule has 0 bridgehead atoms. The van der Waals surface area contributed by atoms with Gasteiger partial charge in [-0.25, -0.2) is 8.78 Å². The maximum atomic E-state index is 12.9. The predicted octanol–water partition coefficient (Wildman–Crippen LogP) is 2.39. The summed E-state index contributed by atoms with van der Waals surface area (Å²) >= 11 is 0. The van der Waals surface area contributed by atoms with E-state index in [-0.39, 0.29) is 6.04 Å². The zero-order valence-electron chi connectivity index (χ0n) is 9.50. The summed E-state index contributed by atoms with van der Waals surface area (Å²) < 4.78 is 25.6. The second kappa shape index (κ2) is 5.92. The Bertz CT molecular complexity index is 344. The molecular formula is C12H17F2NO. The van der Waals surface area contributed by atoms with E-state index in [4.69, 9.17) is 0 Å². The maximum absolute atomic E-state index is 12.9. The van der Waals surface area contributed by atoms with Crippen LogP contribution in [-0.2, 0) is 0 Å². The average Bonchev–Trinajstić information content (AvgIpc) is 2.28. The van der Waals surface area contributed by atoms with Crippen molar-refractivity contribution < 1.29 is 13.9 Å². The lowest BCUT2D eigenvalue weighted by Gasteiger charge is -2.20. The van der Waals surface area contributed by atoms with Crippen molar-refractivity contribution >= 4 is 0 Å². The molecule has 0 saturated carbocycles. The fourth-order valence-electron chi connectivity index (χ4n) is 1.47. The molecule has 0 spiro atoms. The van der Waals surface area contributed by atoms with Crippen LogP contribution in [0, 0.1) is 11.6 Å². The highest BCUT2D eigenvalue weighted by molar-refractivity contribution is 5.21. The summed E-state index contributed by atoms with van der Waals surface area (Å²) in [5, 5.41) is 13.0. The van der Waals surface area contributed by atoms with E-state index >= 15 is 0 Å². The van der Waals surface area contributed by atoms with Crippen LogP contribution in [-0.4, -0.2) is 17.7 Å². The van der Waals surface area contributed by atoms with Gasteiger partial charge in [0.1, 0.15) is 0 Å². The molecule has 2 nitrogen and oxygen atoms in total. The van der Waals surface area contributed by atoms with Crippen LogP contribution in [0.2, 0.25) is 0 Å². The molecule has 1 rings (SSSR count). The molecule has 1 aromatic carbocycles. The normalized spacial score (nSPS) is 14.8. The zero-order valence-corrected chi connectivity index (χ0v) is 9.50. The number of hydrogen-bond acceptors (Lipinski definition) is 2. The molecule has 0 radical (unpaired) electrons. The minimum Gasteiger partial charge on any atom is -0.387 e. The zero-order chi connectivity index (χ0) is 12.1. The molecule has 0 saturated heterocycles. The van der Waals surface area contributed by atoms with Gasteiger partial charge in [0.2, 0.25) is 0 Å². The highest BCUT2D eigenvalue weighted by atomic mass is 19.2. The van der Waals surface area contributed by atoms with Gasteiger partial charge >= 0.3 is 0 Å². The Kier molecular flexibility index (Phi) is 4.83. The van der Waals surface area contributed by atoms with Crippen molar-refractivity contribution in [2.45, 2.75) is 32.4 Å². The van der Waals surface area contributed by atoms with Gasteiger partial charge in [-0.05, 0) is 37.6 Å². The van der Waals surface area contributed by atoms with E-state index in [0.717, 1.165) is 25.1 Å². The summed E-state index contributed by atoms with van der Waals surface area (Å²) in [7, 11) is 0. The molecule has 2 unspecified atom stereocenters. The molecule has 4 heteroatoms. The first-order valence-corrected chi connectivity index (χ1v) is 5.42. The van der Waals surface area contributed by atoms with Gasteiger partial charge in [-0.15, -0.1) is 0 Å². The van der Waals surface area contributed by atoms with Gasteiger partial charge in [-0.3, -0.25) is 0 Å². The summed E-state index contributed by atoms with van der Waals surface area (Å²) in [6.07, 6.45) is 0.121. The smallest absolute Gasteiger partial charge is 0.159 e. The molecule has 1 aromatic rings. The average molecular weight is 229 g/mol. The van der Waals surface area contributed by atoms with Crippen LogP contribution in [0.5, 0.6) is 0 Å². The fourth-order valence-corrected chi connectivity index (χ4v) is 1.47. The molecular weight excluding hydrogens is 212 g/mol. The highest BCUT2D eigenvalue weighted by Gasteiger charge is 2.16. The topological polar surface area (TPSA) is 32.3 Å². The molecule has 0 aromatic heterocycles. The lowest BCUT2D eigenvalue weighted by molar-refractivity contribution is 0.136. The van der Waals surface area contributed by atoms with Crippen LogP contribution in [0.25, 0.3) is 0 Å². The van der Waals surface area contributed by atoms with Crippen molar-refractivity contribution in [3.63, 3.8) is 0 Å². The Labute approximate surface area is 94.3 Å². The Morgan fingerprint density at radius 2 is 2.00 bits per heavy atom. The third-order valence-corrected chi connectivity index (χ3v) is 2.48. The SMILES string of the molecule is CCCNC(C)C(O)c1ccc(F)c(F)c1. The van der Waals surface area contributed by atoms with Crippen molar-refractivity contribution in [3.8, 4) is 0 Å². The van der Waals surface area contributed by atoms with Crippen LogP contribution in [0.1, 0.15) is 31.9 Å². The minimum absolute atomic E-state index is 0.190. The van der Waals surface area contributed by atoms with E-state index in [0.29, 0.717) is 5.56 Å². The first-order valence-electron chi connectivity index (χ1n) is 5.42. The quantitative estimate of drug-likeness (QED) is 0.812. The highest BCUT2D eigenvalue weighted by Crippen LogP contribution is 2.19. The number of rotatable bonds is 5. The first kappa shape index (κ1) is 13.1. The second-order valence-corrected chi connectivity index (χ2v) is 3.86. The van der Waals surface area contributed by atoms with E-state index in [1.807, 2.05) is 13.8 Å². The van der Waals surface area contributed by atoms with Gasteiger partial charge in [0.05, 0.1) is 6.10 Å². The molecule has 2 atom stereocenters. The van der Waals surface area contributed by atoms with Gasteiger partial charge < -0.3 is 10.4 Å². The van der Waals surface area contributed by atoms with Crippen LogP contribution >= 0.6 is 0 Å². The summed E-state index contributed by atoms with van der Waals surface area (Å²) in [5.41, 5.74) is 0.384. The molecule has 0 heterocycles. The minimum atomic E-state index is -0.931. The predicted molar refractivity (Wildman–Crippen MR) is 59.1 cm³/mol. The lowest BCUT2D eigenvalue weighted by atomic mass is 10.0. The van der Waals surface area contributed by atoms with Gasteiger partial charge in [0, 0.05) is 6.04 Å². The van der Waals surface area contributed by atoms with Crippen molar-refractivity contribution in [2.24, 2.45) is 0 Å². The number of hydrogen-bond donors (Lipinski definition) is 2. The molecule has 0 amide bonds. The third kappa shape index (κ3) is 3.25. The lowest BCUT2D eigenvalue weighted by Crippen LogP contribution is -2.32. The molecule has 0 aliphatic carbocycles. The summed E-state index contributed by atoms with van der Waals surface area (Å²) in [5.74, 6) is -1.83. The van der Waals surface area contributed by atoms with E-state index < -0.39 is 17.7 Å². The molecule has 2 N–H and O–H groups in total. The van der Waals surface area contributed by atoms with Crippen molar-refractivity contribution in [3.05, 3.63) is 35.4 Å². The fraction of sp³-hybridized carbons (Fsp3) is 0.500. The van der Waals surface area contributed by atoms with Crippen molar-refractivity contribution in [2.75, 3.05) is 6.54 Å². The molecule has 0 aliphatic rings. The van der Waals surface area contributed by atoms with Crippen LogP contribution in [0.4, 0.5) is 8.78 Å². The molecule has 0 aliphatic heterocycles. The summed E-state index contributed by atoms with van der Waals surface area (Å²) in [6, 6.07) is 3.27. The Morgan fingerprint density at radius 3 is 2.56 bits per heavy atom. The largest absolute Gasteiger partial charge is 0.387 e. The number of aliphatic hydroxyl groups is 1. The third-order valence-electron chi connectivity index (χ3n) is 2.48. The number of halogens is 2. The van der Waals surface area contributed by atoms with E-state index in [1.54, 1.807) is 0 Å². The van der Waals surface area contributed by atoms with E-state index in [1.165, 1.54) is 6.07 Å². The van der Waals surface area contributed by atoms with Crippen molar-refractivity contribution in [1.82, 2.24) is 5.32 Å². The van der Waals surface area contributed by atoms with Crippen LogP contribution in [0.15, 0.2) is 18.2 Å². The van der Waals surface area contributed by atoms with E-state index in [9.17, 15) is 13.9 Å². The number of benzene rings is 1. The Hall–Kier alpha value is -1.00. The Balaban J connectivity index is 2.71. The first-order chi connectivity index (χ1) is 7.56.